The molecule has 2 aromatic carbocycles. The fraction of sp³-hybridized carbons (Fsp3) is 0. The van der Waals surface area contributed by atoms with Crippen molar-refractivity contribution in [1.29, 1.82) is 0 Å². The molecule has 0 saturated carbocycles. The lowest BCUT2D eigenvalue weighted by Crippen LogP contribution is -2.15. The van der Waals surface area contributed by atoms with E-state index in [0.29, 0.717) is 10.6 Å². The molecule has 21 heavy (non-hydrogen) atoms. The average Bonchev–Trinajstić information content (AvgIpc) is 2.48. The molecule has 108 valence electrons. The summed E-state index contributed by atoms with van der Waals surface area (Å²) in [4.78, 5) is 16.6. The van der Waals surface area contributed by atoms with E-state index in [9.17, 15) is 4.79 Å². The van der Waals surface area contributed by atoms with E-state index in [1.807, 2.05) is 0 Å². The molecule has 2 rings (SSSR count). The van der Waals surface area contributed by atoms with Crippen molar-refractivity contribution < 1.29 is 9.63 Å². The van der Waals surface area contributed by atoms with E-state index in [2.05, 4.69) is 21.1 Å². The summed E-state index contributed by atoms with van der Waals surface area (Å²) in [5.74, 6) is -0.579. The van der Waals surface area contributed by atoms with Crippen molar-refractivity contribution in [3.8, 4) is 0 Å². The van der Waals surface area contributed by atoms with Crippen LogP contribution in [0.25, 0.3) is 0 Å². The Balaban J connectivity index is 2.10. The number of amidine groups is 1. The van der Waals surface area contributed by atoms with Crippen molar-refractivity contribution in [2.45, 2.75) is 0 Å². The summed E-state index contributed by atoms with van der Waals surface area (Å²) in [5.41, 5.74) is 6.61. The molecule has 0 aliphatic heterocycles. The fourth-order valence-electron chi connectivity index (χ4n) is 1.44. The van der Waals surface area contributed by atoms with Crippen LogP contribution >= 0.6 is 39.1 Å². The van der Waals surface area contributed by atoms with Crippen LogP contribution in [0.5, 0.6) is 0 Å². The topological polar surface area (TPSA) is 64.7 Å². The average molecular weight is 388 g/mol. The summed E-state index contributed by atoms with van der Waals surface area (Å²) in [6, 6.07) is 11.5. The van der Waals surface area contributed by atoms with Crippen molar-refractivity contribution in [3.63, 3.8) is 0 Å². The Labute approximate surface area is 139 Å². The van der Waals surface area contributed by atoms with Crippen LogP contribution in [0.15, 0.2) is 52.1 Å². The highest BCUT2D eigenvalue weighted by Crippen LogP contribution is 2.23. The molecule has 0 bridgehead atoms. The Morgan fingerprint density at radius 1 is 1.05 bits per heavy atom. The Morgan fingerprint density at radius 3 is 2.29 bits per heavy atom. The Bertz CT molecular complexity index is 703. The minimum absolute atomic E-state index is 0.0934. The van der Waals surface area contributed by atoms with E-state index < -0.39 is 5.97 Å². The molecule has 0 aliphatic rings. The minimum atomic E-state index is -0.673. The Hall–Kier alpha value is -1.56. The first-order valence-electron chi connectivity index (χ1n) is 5.73. The van der Waals surface area contributed by atoms with Gasteiger partial charge in [0, 0.05) is 10.0 Å². The summed E-state index contributed by atoms with van der Waals surface area (Å²) < 4.78 is 0.909. The second-order valence-corrected chi connectivity index (χ2v) is 5.72. The summed E-state index contributed by atoms with van der Waals surface area (Å²) in [6.45, 7) is 0. The van der Waals surface area contributed by atoms with E-state index in [1.54, 1.807) is 24.3 Å². The molecule has 2 N–H and O–H groups in total. The van der Waals surface area contributed by atoms with Crippen LogP contribution in [-0.2, 0) is 4.84 Å². The van der Waals surface area contributed by atoms with Gasteiger partial charge in [-0.05, 0) is 30.3 Å². The van der Waals surface area contributed by atoms with Crippen LogP contribution in [0.2, 0.25) is 10.0 Å². The number of oxime groups is 1. The molecule has 0 aromatic heterocycles. The number of nitrogens with two attached hydrogens (primary N) is 1. The lowest BCUT2D eigenvalue weighted by atomic mass is 10.2. The van der Waals surface area contributed by atoms with Crippen molar-refractivity contribution in [2.24, 2.45) is 10.9 Å². The van der Waals surface area contributed by atoms with Gasteiger partial charge < -0.3 is 10.6 Å². The van der Waals surface area contributed by atoms with Crippen LogP contribution in [0.1, 0.15) is 15.9 Å². The van der Waals surface area contributed by atoms with Gasteiger partial charge in [-0.25, -0.2) is 4.79 Å². The second-order valence-electron chi connectivity index (χ2n) is 3.99. The van der Waals surface area contributed by atoms with Gasteiger partial charge in [0.25, 0.3) is 0 Å². The summed E-state index contributed by atoms with van der Waals surface area (Å²) >= 11 is 14.9. The number of hydrogen-bond acceptors (Lipinski definition) is 3. The third kappa shape index (κ3) is 4.20. The van der Waals surface area contributed by atoms with Gasteiger partial charge >= 0.3 is 5.97 Å². The smallest absolute Gasteiger partial charge is 0.365 e. The van der Waals surface area contributed by atoms with Gasteiger partial charge in [-0.1, -0.05) is 56.4 Å². The Kier molecular flexibility index (Phi) is 5.22. The quantitative estimate of drug-likeness (QED) is 0.371. The van der Waals surface area contributed by atoms with Crippen LogP contribution in [0, 0.1) is 0 Å². The molecule has 0 spiro atoms. The van der Waals surface area contributed by atoms with Gasteiger partial charge in [0.1, 0.15) is 0 Å². The first kappa shape index (κ1) is 15.8. The highest BCUT2D eigenvalue weighted by atomic mass is 79.9. The molecule has 0 atom stereocenters. The zero-order valence-electron chi connectivity index (χ0n) is 10.5. The minimum Gasteiger partial charge on any atom is -0.380 e. The molecule has 0 saturated heterocycles. The predicted octanol–water partition coefficient (Wildman–Crippen LogP) is 4.23. The van der Waals surface area contributed by atoms with E-state index in [0.717, 1.165) is 4.47 Å². The zero-order chi connectivity index (χ0) is 15.4. The van der Waals surface area contributed by atoms with Crippen LogP contribution in [0.3, 0.4) is 0 Å². The lowest BCUT2D eigenvalue weighted by Gasteiger charge is -2.02. The molecular weight excluding hydrogens is 379 g/mol. The first-order chi connectivity index (χ1) is 9.97. The fourth-order valence-corrected chi connectivity index (χ4v) is 2.00. The summed E-state index contributed by atoms with van der Waals surface area (Å²) in [5, 5.41) is 4.22. The van der Waals surface area contributed by atoms with Crippen LogP contribution < -0.4 is 5.73 Å². The SMILES string of the molecule is N/C(=N\OC(=O)c1ccc(Cl)c(Cl)c1)c1ccc(Br)cc1. The maximum Gasteiger partial charge on any atom is 0.365 e. The molecule has 7 heteroatoms. The second kappa shape index (κ2) is 6.93. The zero-order valence-corrected chi connectivity index (χ0v) is 13.6. The van der Waals surface area contributed by atoms with Crippen molar-refractivity contribution in [3.05, 3.63) is 68.1 Å². The molecule has 0 unspecified atom stereocenters. The van der Waals surface area contributed by atoms with Crippen LogP contribution in [0.4, 0.5) is 0 Å². The molecule has 0 amide bonds. The molecule has 0 radical (unpaired) electrons. The highest BCUT2D eigenvalue weighted by molar-refractivity contribution is 9.10. The maximum absolute atomic E-state index is 11.8. The van der Waals surface area contributed by atoms with Gasteiger partial charge in [-0.2, -0.15) is 0 Å². The predicted molar refractivity (Wildman–Crippen MR) is 86.7 cm³/mol. The van der Waals surface area contributed by atoms with Gasteiger partial charge in [0.05, 0.1) is 15.6 Å². The van der Waals surface area contributed by atoms with Gasteiger partial charge in [0.15, 0.2) is 5.84 Å². The first-order valence-corrected chi connectivity index (χ1v) is 7.28. The molecule has 0 heterocycles. The van der Waals surface area contributed by atoms with Crippen molar-refractivity contribution >= 4 is 50.9 Å². The largest absolute Gasteiger partial charge is 0.380 e. The maximum atomic E-state index is 11.8. The van der Waals surface area contributed by atoms with Gasteiger partial charge in [-0.15, -0.1) is 0 Å². The monoisotopic (exact) mass is 386 g/mol. The Morgan fingerprint density at radius 2 is 1.67 bits per heavy atom. The lowest BCUT2D eigenvalue weighted by molar-refractivity contribution is 0.0516. The van der Waals surface area contributed by atoms with Crippen LogP contribution in [-0.4, -0.2) is 11.8 Å². The number of halogens is 3. The van der Waals surface area contributed by atoms with E-state index >= 15 is 0 Å². The molecule has 0 aliphatic carbocycles. The molecular formula is C14H9BrCl2N2O2. The number of carbonyl (C=O) groups excluding carboxylic acids is 1. The third-order valence-electron chi connectivity index (χ3n) is 2.52. The van der Waals surface area contributed by atoms with E-state index in [-0.39, 0.29) is 16.4 Å². The molecule has 0 fully saturated rings. The van der Waals surface area contributed by atoms with Gasteiger partial charge in [-0.3, -0.25) is 0 Å². The van der Waals surface area contributed by atoms with E-state index in [1.165, 1.54) is 18.2 Å². The van der Waals surface area contributed by atoms with E-state index in [4.69, 9.17) is 33.8 Å². The standard InChI is InChI=1S/C14H9BrCl2N2O2/c15-10-4-1-8(2-5-10)13(18)19-21-14(20)9-3-6-11(16)12(17)7-9/h1-7H,(H2,18,19). The molecule has 2 aromatic rings. The summed E-state index contributed by atoms with van der Waals surface area (Å²) in [6.07, 6.45) is 0. The van der Waals surface area contributed by atoms with Crippen molar-refractivity contribution in [2.75, 3.05) is 0 Å². The normalized spacial score (nSPS) is 11.3. The van der Waals surface area contributed by atoms with Gasteiger partial charge in [0.2, 0.25) is 0 Å². The number of nitrogens with zero attached hydrogens (tertiary/aromatic N) is 1. The highest BCUT2D eigenvalue weighted by Gasteiger charge is 2.10. The molecule has 4 nitrogen and oxygen atoms in total. The number of hydrogen-bond donors (Lipinski definition) is 1. The number of rotatable bonds is 3. The number of benzene rings is 2. The third-order valence-corrected chi connectivity index (χ3v) is 3.79. The number of carbonyl (C=O) groups is 1. The summed E-state index contributed by atoms with van der Waals surface area (Å²) in [7, 11) is 0. The van der Waals surface area contributed by atoms with Crippen molar-refractivity contribution in [1.82, 2.24) is 0 Å².